The average Bonchev–Trinajstić information content (AvgIpc) is 2.69. The molecule has 0 bridgehead atoms. The zero-order valence-electron chi connectivity index (χ0n) is 14.7. The molecule has 1 heteroatoms. The van der Waals surface area contributed by atoms with Crippen LogP contribution in [0.4, 0.5) is 5.69 Å². The number of benzene rings is 3. The van der Waals surface area contributed by atoms with Crippen LogP contribution in [0.15, 0.2) is 103 Å². The Morgan fingerprint density at radius 1 is 0.680 bits per heavy atom. The highest BCUT2D eigenvalue weighted by Gasteiger charge is 2.06. The number of hydrogen-bond acceptors (Lipinski definition) is 1. The molecule has 3 aromatic carbocycles. The molecule has 3 rings (SSSR count). The highest BCUT2D eigenvalue weighted by molar-refractivity contribution is 5.83. The van der Waals surface area contributed by atoms with E-state index in [1.54, 1.807) is 0 Å². The van der Waals surface area contributed by atoms with Crippen LogP contribution in [0, 0.1) is 0 Å². The van der Waals surface area contributed by atoms with Gasteiger partial charge in [-0.3, -0.25) is 0 Å². The summed E-state index contributed by atoms with van der Waals surface area (Å²) in [5, 5.41) is 3.43. The largest absolute Gasteiger partial charge is 0.356 e. The maximum atomic E-state index is 3.43. The van der Waals surface area contributed by atoms with Gasteiger partial charge in [-0.1, -0.05) is 78.9 Å². The van der Waals surface area contributed by atoms with Gasteiger partial charge < -0.3 is 5.32 Å². The molecule has 1 N–H and O–H groups in total. The Labute approximate surface area is 150 Å². The van der Waals surface area contributed by atoms with Crippen molar-refractivity contribution in [3.05, 3.63) is 103 Å². The first kappa shape index (κ1) is 16.8. The predicted octanol–water partition coefficient (Wildman–Crippen LogP) is 6.91. The van der Waals surface area contributed by atoms with Gasteiger partial charge in [-0.25, -0.2) is 0 Å². The van der Waals surface area contributed by atoms with E-state index in [4.69, 9.17) is 0 Å². The average molecular weight is 325 g/mol. The standard InChI is InChI=1S/C24H23N/c1-3-10-21(4-2)25-22-17-15-20(16-18-22)24-14-9-8-13-23(24)19-11-6-5-7-12-19/h3-18,25H,1-2H3/b10-3-,21-4+. The minimum atomic E-state index is 1.09. The Bertz CT molecular complexity index is 871. The topological polar surface area (TPSA) is 12.0 Å². The molecule has 0 fully saturated rings. The smallest absolute Gasteiger partial charge is 0.0384 e. The summed E-state index contributed by atoms with van der Waals surface area (Å²) >= 11 is 0. The summed E-state index contributed by atoms with van der Waals surface area (Å²) in [5.41, 5.74) is 7.15. The lowest BCUT2D eigenvalue weighted by Gasteiger charge is -2.12. The predicted molar refractivity (Wildman–Crippen MR) is 110 cm³/mol. The van der Waals surface area contributed by atoms with E-state index in [1.807, 2.05) is 19.9 Å². The van der Waals surface area contributed by atoms with Gasteiger partial charge in [-0.2, -0.15) is 0 Å². The van der Waals surface area contributed by atoms with Gasteiger partial charge in [-0.15, -0.1) is 0 Å². The Hall–Kier alpha value is -3.06. The third-order valence-corrected chi connectivity index (χ3v) is 4.15. The first-order valence-electron chi connectivity index (χ1n) is 8.62. The van der Waals surface area contributed by atoms with Crippen molar-refractivity contribution in [1.29, 1.82) is 0 Å². The van der Waals surface area contributed by atoms with E-state index >= 15 is 0 Å². The van der Waals surface area contributed by atoms with Crippen LogP contribution >= 0.6 is 0 Å². The molecule has 3 aromatic rings. The van der Waals surface area contributed by atoms with Crippen molar-refractivity contribution in [2.45, 2.75) is 13.8 Å². The van der Waals surface area contributed by atoms with Crippen LogP contribution in [0.3, 0.4) is 0 Å². The second kappa shape index (κ2) is 8.16. The number of allylic oxidation sites excluding steroid dienone is 3. The summed E-state index contributed by atoms with van der Waals surface area (Å²) in [6, 6.07) is 27.7. The quantitative estimate of drug-likeness (QED) is 0.502. The monoisotopic (exact) mass is 325 g/mol. The number of hydrogen-bond donors (Lipinski definition) is 1. The van der Waals surface area contributed by atoms with Crippen molar-refractivity contribution in [2.24, 2.45) is 0 Å². The molecular weight excluding hydrogens is 302 g/mol. The fourth-order valence-electron chi connectivity index (χ4n) is 2.89. The molecule has 0 radical (unpaired) electrons. The van der Waals surface area contributed by atoms with Crippen LogP contribution < -0.4 is 5.32 Å². The second-order valence-electron chi connectivity index (χ2n) is 5.86. The van der Waals surface area contributed by atoms with Gasteiger partial charge in [0.25, 0.3) is 0 Å². The van der Waals surface area contributed by atoms with Crippen molar-refractivity contribution >= 4 is 5.69 Å². The van der Waals surface area contributed by atoms with E-state index < -0.39 is 0 Å². The Morgan fingerprint density at radius 3 is 1.80 bits per heavy atom. The van der Waals surface area contributed by atoms with E-state index in [0.29, 0.717) is 0 Å². The second-order valence-corrected chi connectivity index (χ2v) is 5.86. The van der Waals surface area contributed by atoms with Crippen molar-refractivity contribution in [3.63, 3.8) is 0 Å². The van der Waals surface area contributed by atoms with E-state index in [1.165, 1.54) is 22.3 Å². The fraction of sp³-hybridized carbons (Fsp3) is 0.0833. The first-order chi connectivity index (χ1) is 12.3. The van der Waals surface area contributed by atoms with Crippen molar-refractivity contribution in [2.75, 3.05) is 5.32 Å². The molecule has 0 saturated carbocycles. The van der Waals surface area contributed by atoms with Crippen molar-refractivity contribution in [3.8, 4) is 22.3 Å². The third kappa shape index (κ3) is 4.07. The number of rotatable bonds is 5. The summed E-state index contributed by atoms with van der Waals surface area (Å²) in [5.74, 6) is 0. The van der Waals surface area contributed by atoms with Crippen LogP contribution in [-0.2, 0) is 0 Å². The van der Waals surface area contributed by atoms with Gasteiger partial charge >= 0.3 is 0 Å². The highest BCUT2D eigenvalue weighted by Crippen LogP contribution is 2.32. The van der Waals surface area contributed by atoms with Gasteiger partial charge in [0.15, 0.2) is 0 Å². The normalized spacial score (nSPS) is 11.7. The van der Waals surface area contributed by atoms with Gasteiger partial charge in [-0.05, 0) is 54.3 Å². The molecule has 0 aliphatic heterocycles. The Balaban J connectivity index is 1.91. The van der Waals surface area contributed by atoms with Gasteiger partial charge in [0.2, 0.25) is 0 Å². The molecule has 1 nitrogen and oxygen atoms in total. The molecule has 25 heavy (non-hydrogen) atoms. The van der Waals surface area contributed by atoms with Crippen LogP contribution in [0.2, 0.25) is 0 Å². The molecule has 0 saturated heterocycles. The molecule has 124 valence electrons. The first-order valence-corrected chi connectivity index (χ1v) is 8.62. The van der Waals surface area contributed by atoms with E-state index in [-0.39, 0.29) is 0 Å². The molecule has 0 heterocycles. The summed E-state index contributed by atoms with van der Waals surface area (Å²) in [6.07, 6.45) is 6.17. The lowest BCUT2D eigenvalue weighted by atomic mass is 9.94. The zero-order valence-corrected chi connectivity index (χ0v) is 14.7. The Morgan fingerprint density at radius 2 is 1.24 bits per heavy atom. The lowest BCUT2D eigenvalue weighted by molar-refractivity contribution is 1.43. The molecule has 0 aromatic heterocycles. The summed E-state index contributed by atoms with van der Waals surface area (Å²) in [4.78, 5) is 0. The minimum Gasteiger partial charge on any atom is -0.356 e. The van der Waals surface area contributed by atoms with E-state index in [0.717, 1.165) is 11.4 Å². The maximum absolute atomic E-state index is 3.43. The van der Waals surface area contributed by atoms with Crippen LogP contribution in [0.1, 0.15) is 13.8 Å². The van der Waals surface area contributed by atoms with Gasteiger partial charge in [0.1, 0.15) is 0 Å². The highest BCUT2D eigenvalue weighted by atomic mass is 14.9. The summed E-state index contributed by atoms with van der Waals surface area (Å²) in [7, 11) is 0. The molecule has 0 unspecified atom stereocenters. The van der Waals surface area contributed by atoms with E-state index in [2.05, 4.69) is 96.3 Å². The van der Waals surface area contributed by atoms with Gasteiger partial charge in [0.05, 0.1) is 0 Å². The number of anilines is 1. The fourth-order valence-corrected chi connectivity index (χ4v) is 2.89. The molecule has 0 spiro atoms. The molecule has 0 atom stereocenters. The lowest BCUT2D eigenvalue weighted by Crippen LogP contribution is -1.96. The van der Waals surface area contributed by atoms with Gasteiger partial charge in [0, 0.05) is 11.4 Å². The third-order valence-electron chi connectivity index (χ3n) is 4.15. The SMILES string of the molecule is C/C=C\C(=C/C)Nc1ccc(-c2ccccc2-c2ccccc2)cc1. The molecular formula is C24H23N. The van der Waals surface area contributed by atoms with E-state index in [9.17, 15) is 0 Å². The maximum Gasteiger partial charge on any atom is 0.0384 e. The molecule has 0 aliphatic rings. The van der Waals surface area contributed by atoms with Crippen LogP contribution in [0.25, 0.3) is 22.3 Å². The van der Waals surface area contributed by atoms with Crippen LogP contribution in [0.5, 0.6) is 0 Å². The Kier molecular flexibility index (Phi) is 5.48. The molecule has 0 aliphatic carbocycles. The number of nitrogens with one attached hydrogen (secondary N) is 1. The zero-order chi connectivity index (χ0) is 17.5. The van der Waals surface area contributed by atoms with Crippen LogP contribution in [-0.4, -0.2) is 0 Å². The minimum absolute atomic E-state index is 1.09. The van der Waals surface area contributed by atoms with Crippen molar-refractivity contribution in [1.82, 2.24) is 0 Å². The van der Waals surface area contributed by atoms with Crippen molar-refractivity contribution < 1.29 is 0 Å². The summed E-state index contributed by atoms with van der Waals surface area (Å²) in [6.45, 7) is 4.06. The molecule has 0 amide bonds. The summed E-state index contributed by atoms with van der Waals surface area (Å²) < 4.78 is 0.